The van der Waals surface area contributed by atoms with E-state index in [4.69, 9.17) is 0 Å². The fourth-order valence-corrected chi connectivity index (χ4v) is 3.27. The Balaban J connectivity index is 1.96. The summed E-state index contributed by atoms with van der Waals surface area (Å²) < 4.78 is 1.76. The number of hydrogen-bond acceptors (Lipinski definition) is 2. The molecule has 4 aromatic rings. The topological polar surface area (TPSA) is 54.9 Å². The molecule has 0 atom stereocenters. The van der Waals surface area contributed by atoms with E-state index in [-0.39, 0.29) is 11.1 Å². The lowest BCUT2D eigenvalue weighted by Crippen LogP contribution is -2.22. The molecule has 1 N–H and O–H groups in total. The van der Waals surface area contributed by atoms with Crippen LogP contribution in [0.4, 0.5) is 0 Å². The van der Waals surface area contributed by atoms with E-state index in [1.807, 2.05) is 55.5 Å². The van der Waals surface area contributed by atoms with E-state index >= 15 is 0 Å². The molecule has 136 valence electrons. The Kier molecular flexibility index (Phi) is 4.65. The van der Waals surface area contributed by atoms with Gasteiger partial charge in [-0.1, -0.05) is 49.1 Å². The van der Waals surface area contributed by atoms with Crippen LogP contribution in [0.2, 0.25) is 0 Å². The fraction of sp³-hybridized carbons (Fsp3) is 0.0833. The van der Waals surface area contributed by atoms with Gasteiger partial charge < -0.3 is 4.98 Å². The number of benzene rings is 2. The maximum Gasteiger partial charge on any atom is 0.264 e. The smallest absolute Gasteiger partial charge is 0.264 e. The zero-order valence-electron chi connectivity index (χ0n) is 15.4. The number of para-hydroxylation sites is 1. The Labute approximate surface area is 162 Å². The van der Waals surface area contributed by atoms with Gasteiger partial charge in [0.1, 0.15) is 0 Å². The zero-order valence-corrected chi connectivity index (χ0v) is 15.4. The first kappa shape index (κ1) is 17.6. The monoisotopic (exact) mass is 366 g/mol. The molecular weight excluding hydrogens is 348 g/mol. The van der Waals surface area contributed by atoms with Gasteiger partial charge in [0.2, 0.25) is 5.56 Å². The van der Waals surface area contributed by atoms with Crippen LogP contribution in [-0.4, -0.2) is 9.55 Å². The minimum Gasteiger partial charge on any atom is -0.328 e. The minimum absolute atomic E-state index is 0.0769. The highest BCUT2D eigenvalue weighted by molar-refractivity contribution is 5.88. The molecule has 0 saturated carbocycles. The van der Waals surface area contributed by atoms with Crippen LogP contribution >= 0.6 is 0 Å². The third kappa shape index (κ3) is 3.26. The van der Waals surface area contributed by atoms with Crippen molar-refractivity contribution in [1.82, 2.24) is 9.55 Å². The van der Waals surface area contributed by atoms with Crippen molar-refractivity contribution in [1.29, 1.82) is 0 Å². The molecule has 0 aliphatic heterocycles. The molecule has 2 aromatic carbocycles. The van der Waals surface area contributed by atoms with Crippen LogP contribution in [0.5, 0.6) is 0 Å². The summed E-state index contributed by atoms with van der Waals surface area (Å²) in [6.45, 7) is 2.04. The van der Waals surface area contributed by atoms with E-state index in [9.17, 15) is 9.59 Å². The van der Waals surface area contributed by atoms with Crippen LogP contribution in [0.15, 0.2) is 82.5 Å². The molecule has 0 fully saturated rings. The summed E-state index contributed by atoms with van der Waals surface area (Å²) in [5, 5.41) is 1.47. The average Bonchev–Trinajstić information content (AvgIpc) is 2.73. The summed E-state index contributed by atoms with van der Waals surface area (Å²) in [5.74, 6) is 6.12. The number of rotatable bonds is 2. The van der Waals surface area contributed by atoms with E-state index in [1.54, 1.807) is 16.8 Å². The standard InChI is InChI=1S/C24H18N2O2/c1-2-20-15-19-8-6-7-18(13-11-17-12-14-22(27)25-16-17)23(19)24(28)26(20)21-9-4-3-5-10-21/h3-10,12,14-16H,2H2,1H3,(H,25,27). The molecule has 0 aliphatic carbocycles. The van der Waals surface area contributed by atoms with Crippen molar-refractivity contribution in [2.75, 3.05) is 0 Å². The van der Waals surface area contributed by atoms with Gasteiger partial charge in [0, 0.05) is 34.8 Å². The van der Waals surface area contributed by atoms with Crippen molar-refractivity contribution >= 4 is 10.8 Å². The summed E-state index contributed by atoms with van der Waals surface area (Å²) in [5.41, 5.74) is 2.90. The molecule has 4 heteroatoms. The predicted molar refractivity (Wildman–Crippen MR) is 112 cm³/mol. The molecule has 4 rings (SSSR count). The van der Waals surface area contributed by atoms with Crippen molar-refractivity contribution in [3.63, 3.8) is 0 Å². The van der Waals surface area contributed by atoms with Gasteiger partial charge in [0.25, 0.3) is 5.56 Å². The molecule has 0 unspecified atom stereocenters. The van der Waals surface area contributed by atoms with E-state index in [0.717, 1.165) is 23.2 Å². The Morgan fingerprint density at radius 1 is 0.929 bits per heavy atom. The van der Waals surface area contributed by atoms with E-state index < -0.39 is 0 Å². The second-order valence-corrected chi connectivity index (χ2v) is 6.43. The molecule has 0 spiro atoms. The maximum absolute atomic E-state index is 13.4. The van der Waals surface area contributed by atoms with E-state index in [1.165, 1.54) is 6.07 Å². The van der Waals surface area contributed by atoms with Crippen molar-refractivity contribution in [3.05, 3.63) is 110 Å². The molecule has 0 amide bonds. The Morgan fingerprint density at radius 3 is 2.46 bits per heavy atom. The fourth-order valence-electron chi connectivity index (χ4n) is 3.27. The summed E-state index contributed by atoms with van der Waals surface area (Å²) in [6.07, 6.45) is 2.31. The summed E-state index contributed by atoms with van der Waals surface area (Å²) in [4.78, 5) is 27.2. The average molecular weight is 366 g/mol. The number of aromatic amines is 1. The van der Waals surface area contributed by atoms with Crippen LogP contribution in [0.3, 0.4) is 0 Å². The molecule has 4 nitrogen and oxygen atoms in total. The number of pyridine rings is 2. The molecule has 0 saturated heterocycles. The number of aromatic nitrogens is 2. The Bertz CT molecular complexity index is 1320. The first-order valence-corrected chi connectivity index (χ1v) is 9.11. The van der Waals surface area contributed by atoms with E-state index in [0.29, 0.717) is 16.5 Å². The number of nitrogens with one attached hydrogen (secondary N) is 1. The zero-order chi connectivity index (χ0) is 19.5. The van der Waals surface area contributed by atoms with Gasteiger partial charge in [-0.3, -0.25) is 14.2 Å². The Morgan fingerprint density at radius 2 is 1.75 bits per heavy atom. The molecule has 0 radical (unpaired) electrons. The number of fused-ring (bicyclic) bond motifs is 1. The SMILES string of the molecule is CCc1cc2cccc(C#Cc3ccc(=O)[nH]c3)c2c(=O)n1-c1ccccc1. The van der Waals surface area contributed by atoms with Crippen LogP contribution in [0.25, 0.3) is 16.5 Å². The molecular formula is C24H18N2O2. The molecule has 28 heavy (non-hydrogen) atoms. The third-order valence-corrected chi connectivity index (χ3v) is 4.63. The molecule has 0 aliphatic rings. The molecule has 2 aromatic heterocycles. The lowest BCUT2D eigenvalue weighted by molar-refractivity contribution is 0.889. The van der Waals surface area contributed by atoms with Gasteiger partial charge in [0.05, 0.1) is 5.39 Å². The summed E-state index contributed by atoms with van der Waals surface area (Å²) in [6, 6.07) is 20.5. The van der Waals surface area contributed by atoms with Crippen molar-refractivity contribution in [2.45, 2.75) is 13.3 Å². The van der Waals surface area contributed by atoms with Gasteiger partial charge in [-0.05, 0) is 42.1 Å². The number of nitrogens with zero attached hydrogens (tertiary/aromatic N) is 1. The van der Waals surface area contributed by atoms with E-state index in [2.05, 4.69) is 22.9 Å². The van der Waals surface area contributed by atoms with Gasteiger partial charge in [0.15, 0.2) is 0 Å². The van der Waals surface area contributed by atoms with Gasteiger partial charge in [-0.2, -0.15) is 0 Å². The van der Waals surface area contributed by atoms with Gasteiger partial charge >= 0.3 is 0 Å². The van der Waals surface area contributed by atoms with Crippen LogP contribution in [0, 0.1) is 11.8 Å². The third-order valence-electron chi connectivity index (χ3n) is 4.63. The number of aryl methyl sites for hydroxylation is 1. The van der Waals surface area contributed by atoms with Crippen molar-refractivity contribution in [3.8, 4) is 17.5 Å². The lowest BCUT2D eigenvalue weighted by atomic mass is 10.0. The highest BCUT2D eigenvalue weighted by atomic mass is 16.1. The largest absolute Gasteiger partial charge is 0.328 e. The van der Waals surface area contributed by atoms with Gasteiger partial charge in [-0.15, -0.1) is 0 Å². The second kappa shape index (κ2) is 7.42. The highest BCUT2D eigenvalue weighted by Crippen LogP contribution is 2.19. The lowest BCUT2D eigenvalue weighted by Gasteiger charge is -2.14. The minimum atomic E-state index is -0.173. The number of hydrogen-bond donors (Lipinski definition) is 1. The Hall–Kier alpha value is -3.84. The second-order valence-electron chi connectivity index (χ2n) is 6.43. The van der Waals surface area contributed by atoms with Crippen LogP contribution in [-0.2, 0) is 6.42 Å². The molecule has 0 bridgehead atoms. The molecule has 2 heterocycles. The first-order valence-electron chi connectivity index (χ1n) is 9.11. The van der Waals surface area contributed by atoms with Crippen LogP contribution in [0.1, 0.15) is 23.7 Å². The van der Waals surface area contributed by atoms with Gasteiger partial charge in [-0.25, -0.2) is 0 Å². The summed E-state index contributed by atoms with van der Waals surface area (Å²) in [7, 11) is 0. The quantitative estimate of drug-likeness (QED) is 0.551. The first-order chi connectivity index (χ1) is 13.7. The highest BCUT2D eigenvalue weighted by Gasteiger charge is 2.12. The maximum atomic E-state index is 13.4. The van der Waals surface area contributed by atoms with Crippen molar-refractivity contribution < 1.29 is 0 Å². The summed E-state index contributed by atoms with van der Waals surface area (Å²) >= 11 is 0. The van der Waals surface area contributed by atoms with Crippen molar-refractivity contribution in [2.24, 2.45) is 0 Å². The normalized spacial score (nSPS) is 10.5. The predicted octanol–water partition coefficient (Wildman–Crippen LogP) is 3.64. The van der Waals surface area contributed by atoms with Crippen LogP contribution < -0.4 is 11.1 Å². The number of H-pyrrole nitrogens is 1.